The van der Waals surface area contributed by atoms with E-state index in [1.807, 2.05) is 24.3 Å². The van der Waals surface area contributed by atoms with E-state index in [9.17, 15) is 4.21 Å². The van der Waals surface area contributed by atoms with Crippen molar-refractivity contribution in [2.75, 3.05) is 12.3 Å². The van der Waals surface area contributed by atoms with Crippen molar-refractivity contribution in [1.82, 2.24) is 15.3 Å². The van der Waals surface area contributed by atoms with Crippen LogP contribution >= 0.6 is 0 Å². The molecule has 0 saturated carbocycles. The first-order valence-corrected chi connectivity index (χ1v) is 7.48. The van der Waals surface area contributed by atoms with Crippen LogP contribution < -0.4 is 5.32 Å². The Kier molecular flexibility index (Phi) is 3.34. The van der Waals surface area contributed by atoms with Crippen molar-refractivity contribution in [2.45, 2.75) is 23.9 Å². The number of aromatic nitrogens is 2. The fourth-order valence-electron chi connectivity index (χ4n) is 2.22. The highest BCUT2D eigenvalue weighted by molar-refractivity contribution is 7.85. The average molecular weight is 261 g/mol. The zero-order valence-electron chi connectivity index (χ0n) is 10.0. The van der Waals surface area contributed by atoms with Crippen LogP contribution in [0.2, 0.25) is 0 Å². The second-order valence-electron chi connectivity index (χ2n) is 4.50. The first kappa shape index (κ1) is 11.7. The minimum Gasteiger partial charge on any atom is -0.313 e. The lowest BCUT2D eigenvalue weighted by molar-refractivity contribution is 0.641. The molecule has 0 radical (unpaired) electrons. The quantitative estimate of drug-likeness (QED) is 0.909. The molecule has 18 heavy (non-hydrogen) atoms. The average Bonchev–Trinajstić information content (AvgIpc) is 2.91. The van der Waals surface area contributed by atoms with E-state index < -0.39 is 10.8 Å². The molecule has 3 rings (SSSR count). The van der Waals surface area contributed by atoms with Gasteiger partial charge in [-0.3, -0.25) is 9.19 Å². The van der Waals surface area contributed by atoms with Gasteiger partial charge in [-0.05, 0) is 31.5 Å². The SMILES string of the molecule is O=[S@](C[C@H]1CCCN1)c1cnc2ccccc2n1. The third-order valence-electron chi connectivity index (χ3n) is 3.17. The van der Waals surface area contributed by atoms with Crippen molar-refractivity contribution in [3.05, 3.63) is 30.5 Å². The fraction of sp³-hybridized carbons (Fsp3) is 0.385. The maximum absolute atomic E-state index is 12.2. The maximum atomic E-state index is 12.2. The lowest BCUT2D eigenvalue weighted by Gasteiger charge is -2.09. The number of benzene rings is 1. The van der Waals surface area contributed by atoms with E-state index in [-0.39, 0.29) is 0 Å². The molecule has 0 bridgehead atoms. The maximum Gasteiger partial charge on any atom is 0.146 e. The minimum atomic E-state index is -1.07. The van der Waals surface area contributed by atoms with Crippen molar-refractivity contribution in [2.24, 2.45) is 0 Å². The Bertz CT molecular complexity index is 581. The normalized spacial score (nSPS) is 21.2. The van der Waals surface area contributed by atoms with Crippen LogP contribution in [0.1, 0.15) is 12.8 Å². The first-order valence-electron chi connectivity index (χ1n) is 6.16. The highest BCUT2D eigenvalue weighted by Gasteiger charge is 2.18. The number of hydrogen-bond donors (Lipinski definition) is 1. The number of nitrogens with zero attached hydrogens (tertiary/aromatic N) is 2. The second-order valence-corrected chi connectivity index (χ2v) is 5.95. The zero-order chi connectivity index (χ0) is 12.4. The van der Waals surface area contributed by atoms with Crippen LogP contribution in [0, 0.1) is 0 Å². The Hall–Kier alpha value is -1.33. The number of hydrogen-bond acceptors (Lipinski definition) is 4. The van der Waals surface area contributed by atoms with Gasteiger partial charge in [0.2, 0.25) is 0 Å². The molecule has 0 amide bonds. The molecule has 2 heterocycles. The van der Waals surface area contributed by atoms with Gasteiger partial charge in [0.25, 0.3) is 0 Å². The van der Waals surface area contributed by atoms with E-state index in [1.54, 1.807) is 6.20 Å². The summed E-state index contributed by atoms with van der Waals surface area (Å²) >= 11 is 0. The molecule has 0 unspecified atom stereocenters. The Balaban J connectivity index is 1.82. The van der Waals surface area contributed by atoms with Gasteiger partial charge in [0.05, 0.1) is 28.0 Å². The van der Waals surface area contributed by atoms with Crippen LogP contribution in [-0.2, 0) is 10.8 Å². The van der Waals surface area contributed by atoms with Gasteiger partial charge in [0.1, 0.15) is 5.03 Å². The lowest BCUT2D eigenvalue weighted by atomic mass is 10.3. The highest BCUT2D eigenvalue weighted by atomic mass is 32.2. The van der Waals surface area contributed by atoms with Gasteiger partial charge in [0, 0.05) is 11.8 Å². The van der Waals surface area contributed by atoms with Crippen molar-refractivity contribution in [1.29, 1.82) is 0 Å². The molecular formula is C13H15N3OS. The third-order valence-corrected chi connectivity index (χ3v) is 4.54. The summed E-state index contributed by atoms with van der Waals surface area (Å²) in [4.78, 5) is 8.73. The summed E-state index contributed by atoms with van der Waals surface area (Å²) in [5.74, 6) is 0.632. The van der Waals surface area contributed by atoms with E-state index in [0.29, 0.717) is 16.8 Å². The Labute approximate surface area is 108 Å². The van der Waals surface area contributed by atoms with Gasteiger partial charge in [-0.25, -0.2) is 4.98 Å². The summed E-state index contributed by atoms with van der Waals surface area (Å²) in [6.07, 6.45) is 3.91. The van der Waals surface area contributed by atoms with Crippen LogP contribution in [-0.4, -0.2) is 32.5 Å². The molecule has 1 aliphatic rings. The van der Waals surface area contributed by atoms with Gasteiger partial charge < -0.3 is 5.32 Å². The predicted molar refractivity (Wildman–Crippen MR) is 71.8 cm³/mol. The number of rotatable bonds is 3. The summed E-state index contributed by atoms with van der Waals surface area (Å²) in [7, 11) is -1.07. The van der Waals surface area contributed by atoms with E-state index in [2.05, 4.69) is 15.3 Å². The third kappa shape index (κ3) is 2.42. The first-order chi connectivity index (χ1) is 8.83. The van der Waals surface area contributed by atoms with E-state index in [4.69, 9.17) is 0 Å². The van der Waals surface area contributed by atoms with Crippen LogP contribution in [0.3, 0.4) is 0 Å². The molecule has 2 aromatic rings. The zero-order valence-corrected chi connectivity index (χ0v) is 10.8. The summed E-state index contributed by atoms with van der Waals surface area (Å²) in [6.45, 7) is 1.03. The monoisotopic (exact) mass is 261 g/mol. The van der Waals surface area contributed by atoms with Crippen molar-refractivity contribution in [3.8, 4) is 0 Å². The summed E-state index contributed by atoms with van der Waals surface area (Å²) in [5.41, 5.74) is 1.65. The van der Waals surface area contributed by atoms with Gasteiger partial charge >= 0.3 is 0 Å². The topological polar surface area (TPSA) is 54.9 Å². The van der Waals surface area contributed by atoms with Gasteiger partial charge in [-0.1, -0.05) is 12.1 Å². The summed E-state index contributed by atoms with van der Waals surface area (Å²) in [5, 5.41) is 3.94. The molecule has 5 heteroatoms. The van der Waals surface area contributed by atoms with Gasteiger partial charge in [0.15, 0.2) is 0 Å². The lowest BCUT2D eigenvalue weighted by Crippen LogP contribution is -2.27. The molecule has 1 aliphatic heterocycles. The molecule has 0 spiro atoms. The summed E-state index contributed by atoms with van der Waals surface area (Å²) < 4.78 is 12.2. The standard InChI is InChI=1S/C13H15N3OS/c17-18(9-10-4-3-7-14-10)13-8-15-11-5-1-2-6-12(11)16-13/h1-2,5-6,8,10,14H,3-4,7,9H2/t10-,18-/m1/s1. The smallest absolute Gasteiger partial charge is 0.146 e. The summed E-state index contributed by atoms with van der Waals surface area (Å²) in [6, 6.07) is 8.02. The second kappa shape index (κ2) is 5.12. The van der Waals surface area contributed by atoms with Crippen molar-refractivity contribution >= 4 is 21.8 Å². The number of para-hydroxylation sites is 2. The minimum absolute atomic E-state index is 0.360. The van der Waals surface area contributed by atoms with E-state index in [0.717, 1.165) is 24.0 Å². The van der Waals surface area contributed by atoms with Gasteiger partial charge in [-0.15, -0.1) is 0 Å². The van der Waals surface area contributed by atoms with E-state index in [1.165, 1.54) is 6.42 Å². The van der Waals surface area contributed by atoms with E-state index >= 15 is 0 Å². The molecule has 0 aliphatic carbocycles. The van der Waals surface area contributed by atoms with Gasteiger partial charge in [-0.2, -0.15) is 0 Å². The van der Waals surface area contributed by atoms with Crippen LogP contribution in [0.4, 0.5) is 0 Å². The molecular weight excluding hydrogens is 246 g/mol. The molecule has 1 saturated heterocycles. The molecule has 1 fully saturated rings. The Morgan fingerprint density at radius 1 is 1.33 bits per heavy atom. The molecule has 1 N–H and O–H groups in total. The van der Waals surface area contributed by atoms with Crippen LogP contribution in [0.5, 0.6) is 0 Å². The number of nitrogens with one attached hydrogen (secondary N) is 1. The molecule has 4 nitrogen and oxygen atoms in total. The largest absolute Gasteiger partial charge is 0.313 e. The highest BCUT2D eigenvalue weighted by Crippen LogP contribution is 2.13. The predicted octanol–water partition coefficient (Wildman–Crippen LogP) is 1.49. The van der Waals surface area contributed by atoms with Crippen molar-refractivity contribution in [3.63, 3.8) is 0 Å². The Morgan fingerprint density at radius 3 is 2.94 bits per heavy atom. The molecule has 1 aromatic heterocycles. The van der Waals surface area contributed by atoms with Crippen LogP contribution in [0.25, 0.3) is 11.0 Å². The van der Waals surface area contributed by atoms with Crippen molar-refractivity contribution < 1.29 is 4.21 Å². The molecule has 2 atom stereocenters. The fourth-order valence-corrected chi connectivity index (χ4v) is 3.41. The van der Waals surface area contributed by atoms with Crippen LogP contribution in [0.15, 0.2) is 35.5 Å². The Morgan fingerprint density at radius 2 is 2.17 bits per heavy atom. The number of fused-ring (bicyclic) bond motifs is 1. The molecule has 94 valence electrons. The molecule has 1 aromatic carbocycles.